The number of carboxylic acids is 1. The molecule has 0 radical (unpaired) electrons. The first-order chi connectivity index (χ1) is 8.47. The first kappa shape index (κ1) is 12.7. The quantitative estimate of drug-likeness (QED) is 0.908. The van der Waals surface area contributed by atoms with Crippen LogP contribution in [-0.2, 0) is 6.54 Å². The van der Waals surface area contributed by atoms with Crippen molar-refractivity contribution < 1.29 is 9.90 Å². The van der Waals surface area contributed by atoms with Gasteiger partial charge in [-0.3, -0.25) is 4.68 Å². The Morgan fingerprint density at radius 3 is 2.72 bits per heavy atom. The number of benzene rings is 1. The Bertz CT molecular complexity index is 610. The van der Waals surface area contributed by atoms with Crippen LogP contribution in [0.4, 0.5) is 5.82 Å². The van der Waals surface area contributed by atoms with E-state index < -0.39 is 5.97 Å². The maximum Gasteiger partial charge on any atom is 0.341 e. The fourth-order valence-corrected chi connectivity index (χ4v) is 1.97. The highest BCUT2D eigenvalue weighted by Gasteiger charge is 2.13. The predicted molar refractivity (Wildman–Crippen MR) is 69.2 cm³/mol. The number of hydrogen-bond donors (Lipinski definition) is 2. The fourth-order valence-electron chi connectivity index (χ4n) is 1.51. The Kier molecular flexibility index (Phi) is 3.45. The number of aromatic nitrogens is 2. The third kappa shape index (κ3) is 2.57. The van der Waals surface area contributed by atoms with Crippen LogP contribution in [0.15, 0.2) is 24.4 Å². The van der Waals surface area contributed by atoms with E-state index in [4.69, 9.17) is 34.0 Å². The molecule has 0 fully saturated rings. The molecule has 2 aromatic rings. The molecular weight excluding hydrogens is 277 g/mol. The van der Waals surface area contributed by atoms with Crippen molar-refractivity contribution in [2.24, 2.45) is 0 Å². The van der Waals surface area contributed by atoms with Crippen molar-refractivity contribution in [1.82, 2.24) is 9.78 Å². The second kappa shape index (κ2) is 4.88. The highest BCUT2D eigenvalue weighted by Crippen LogP contribution is 2.22. The van der Waals surface area contributed by atoms with Crippen LogP contribution in [0, 0.1) is 0 Å². The van der Waals surface area contributed by atoms with Gasteiger partial charge in [0.25, 0.3) is 0 Å². The van der Waals surface area contributed by atoms with Crippen molar-refractivity contribution in [3.8, 4) is 0 Å². The van der Waals surface area contributed by atoms with Crippen LogP contribution in [-0.4, -0.2) is 20.9 Å². The molecular formula is C11H9Cl2N3O2. The van der Waals surface area contributed by atoms with E-state index >= 15 is 0 Å². The van der Waals surface area contributed by atoms with Gasteiger partial charge < -0.3 is 10.8 Å². The average Bonchev–Trinajstić information content (AvgIpc) is 2.64. The monoisotopic (exact) mass is 285 g/mol. The minimum atomic E-state index is -1.11. The van der Waals surface area contributed by atoms with Crippen molar-refractivity contribution in [1.29, 1.82) is 0 Å². The Morgan fingerprint density at radius 1 is 1.44 bits per heavy atom. The smallest absolute Gasteiger partial charge is 0.341 e. The first-order valence-electron chi connectivity index (χ1n) is 4.97. The van der Waals surface area contributed by atoms with E-state index in [9.17, 15) is 4.79 Å². The molecule has 0 bridgehead atoms. The number of carboxylic acid groups (broad SMARTS) is 1. The zero-order valence-electron chi connectivity index (χ0n) is 9.10. The molecule has 0 spiro atoms. The summed E-state index contributed by atoms with van der Waals surface area (Å²) in [6.45, 7) is 0.327. The zero-order valence-corrected chi connectivity index (χ0v) is 10.6. The van der Waals surface area contributed by atoms with E-state index in [0.717, 1.165) is 5.56 Å². The summed E-state index contributed by atoms with van der Waals surface area (Å²) in [5.74, 6) is -1.13. The van der Waals surface area contributed by atoms with E-state index in [1.54, 1.807) is 18.2 Å². The van der Waals surface area contributed by atoms with Gasteiger partial charge in [-0.2, -0.15) is 5.10 Å². The van der Waals surface area contributed by atoms with E-state index in [1.807, 2.05) is 0 Å². The van der Waals surface area contributed by atoms with Gasteiger partial charge in [0.2, 0.25) is 0 Å². The molecule has 7 heteroatoms. The minimum absolute atomic E-state index is 0.0208. The van der Waals surface area contributed by atoms with Gasteiger partial charge in [-0.1, -0.05) is 29.3 Å². The number of aromatic carboxylic acids is 1. The largest absolute Gasteiger partial charge is 0.477 e. The molecule has 1 heterocycles. The van der Waals surface area contributed by atoms with Crippen molar-refractivity contribution in [3.05, 3.63) is 45.6 Å². The molecule has 94 valence electrons. The molecule has 0 aliphatic rings. The van der Waals surface area contributed by atoms with Gasteiger partial charge in [0.05, 0.1) is 6.54 Å². The third-order valence-corrected chi connectivity index (χ3v) is 2.96. The van der Waals surface area contributed by atoms with Gasteiger partial charge in [0.15, 0.2) is 5.82 Å². The first-order valence-corrected chi connectivity index (χ1v) is 5.73. The normalized spacial score (nSPS) is 10.6. The molecule has 0 atom stereocenters. The fraction of sp³-hybridized carbons (Fsp3) is 0.0909. The summed E-state index contributed by atoms with van der Waals surface area (Å²) in [5.41, 5.74) is 6.24. The lowest BCUT2D eigenvalue weighted by atomic mass is 10.2. The van der Waals surface area contributed by atoms with Gasteiger partial charge in [0, 0.05) is 16.2 Å². The van der Waals surface area contributed by atoms with E-state index in [0.29, 0.717) is 16.6 Å². The van der Waals surface area contributed by atoms with Gasteiger partial charge in [-0.15, -0.1) is 0 Å². The molecule has 3 N–H and O–H groups in total. The summed E-state index contributed by atoms with van der Waals surface area (Å²) in [6, 6.07) is 5.07. The van der Waals surface area contributed by atoms with Crippen LogP contribution in [0.5, 0.6) is 0 Å². The number of rotatable bonds is 3. The number of carbonyl (C=O) groups is 1. The molecule has 0 amide bonds. The SMILES string of the molecule is Nc1nn(Cc2ccc(Cl)cc2Cl)cc1C(=O)O. The molecule has 2 rings (SSSR count). The molecule has 18 heavy (non-hydrogen) atoms. The Hall–Kier alpha value is -1.72. The topological polar surface area (TPSA) is 81.1 Å². The highest BCUT2D eigenvalue weighted by atomic mass is 35.5. The Labute approximate surface area is 113 Å². The Balaban J connectivity index is 2.29. The molecule has 1 aromatic heterocycles. The standard InChI is InChI=1S/C11H9Cl2N3O2/c12-7-2-1-6(9(13)3-7)4-16-5-8(11(17)18)10(14)15-16/h1-3,5H,4H2,(H2,14,15)(H,17,18). The zero-order chi connectivity index (χ0) is 13.3. The summed E-state index contributed by atoms with van der Waals surface area (Å²) in [4.78, 5) is 10.8. The maximum absolute atomic E-state index is 10.8. The van der Waals surface area contributed by atoms with Crippen molar-refractivity contribution in [2.45, 2.75) is 6.54 Å². The number of nitrogens with two attached hydrogens (primary N) is 1. The number of nitrogen functional groups attached to an aromatic ring is 1. The van der Waals surface area contributed by atoms with Gasteiger partial charge >= 0.3 is 5.97 Å². The third-order valence-electron chi connectivity index (χ3n) is 2.37. The number of halogens is 2. The van der Waals surface area contributed by atoms with E-state index in [1.165, 1.54) is 10.9 Å². The second-order valence-electron chi connectivity index (χ2n) is 3.67. The van der Waals surface area contributed by atoms with E-state index in [2.05, 4.69) is 5.10 Å². The maximum atomic E-state index is 10.8. The molecule has 0 unspecified atom stereocenters. The number of hydrogen-bond acceptors (Lipinski definition) is 3. The van der Waals surface area contributed by atoms with Gasteiger partial charge in [-0.05, 0) is 17.7 Å². The lowest BCUT2D eigenvalue weighted by Crippen LogP contribution is -2.01. The summed E-state index contributed by atoms with van der Waals surface area (Å²) >= 11 is 11.8. The molecule has 0 saturated heterocycles. The summed E-state index contributed by atoms with van der Waals surface area (Å²) in [7, 11) is 0. The second-order valence-corrected chi connectivity index (χ2v) is 4.51. The molecule has 0 saturated carbocycles. The van der Waals surface area contributed by atoms with Crippen LogP contribution >= 0.6 is 23.2 Å². The van der Waals surface area contributed by atoms with Crippen molar-refractivity contribution >= 4 is 35.0 Å². The van der Waals surface area contributed by atoms with Crippen LogP contribution in [0.3, 0.4) is 0 Å². The van der Waals surface area contributed by atoms with Crippen molar-refractivity contribution in [3.63, 3.8) is 0 Å². The summed E-state index contributed by atoms with van der Waals surface area (Å²) in [5, 5.41) is 13.8. The van der Waals surface area contributed by atoms with Crippen LogP contribution in [0.25, 0.3) is 0 Å². The summed E-state index contributed by atoms with van der Waals surface area (Å²) in [6.07, 6.45) is 1.36. The molecule has 0 aliphatic carbocycles. The van der Waals surface area contributed by atoms with Crippen LogP contribution in [0.2, 0.25) is 10.0 Å². The van der Waals surface area contributed by atoms with Crippen molar-refractivity contribution in [2.75, 3.05) is 5.73 Å². The van der Waals surface area contributed by atoms with E-state index in [-0.39, 0.29) is 11.4 Å². The molecule has 5 nitrogen and oxygen atoms in total. The Morgan fingerprint density at radius 2 is 2.17 bits per heavy atom. The average molecular weight is 286 g/mol. The lowest BCUT2D eigenvalue weighted by molar-refractivity contribution is 0.0698. The van der Waals surface area contributed by atoms with Gasteiger partial charge in [0.1, 0.15) is 5.56 Å². The minimum Gasteiger partial charge on any atom is -0.477 e. The summed E-state index contributed by atoms with van der Waals surface area (Å²) < 4.78 is 1.42. The van der Waals surface area contributed by atoms with Crippen LogP contribution in [0.1, 0.15) is 15.9 Å². The number of nitrogens with zero attached hydrogens (tertiary/aromatic N) is 2. The van der Waals surface area contributed by atoms with Crippen LogP contribution < -0.4 is 5.73 Å². The lowest BCUT2D eigenvalue weighted by Gasteiger charge is -2.04. The molecule has 0 aliphatic heterocycles. The molecule has 1 aromatic carbocycles. The highest BCUT2D eigenvalue weighted by molar-refractivity contribution is 6.35. The van der Waals surface area contributed by atoms with Gasteiger partial charge in [-0.25, -0.2) is 4.79 Å². The number of anilines is 1. The predicted octanol–water partition coefficient (Wildman–Crippen LogP) is 2.52.